The normalized spacial score (nSPS) is 11.9. The van der Waals surface area contributed by atoms with Crippen LogP contribution in [0, 0.1) is 6.92 Å². The lowest BCUT2D eigenvalue weighted by Gasteiger charge is -2.18. The maximum Gasteiger partial charge on any atom is 0.261 e. The summed E-state index contributed by atoms with van der Waals surface area (Å²) in [5, 5.41) is 5.16. The van der Waals surface area contributed by atoms with Crippen LogP contribution in [0.1, 0.15) is 24.5 Å². The summed E-state index contributed by atoms with van der Waals surface area (Å²) in [6, 6.07) is 22.4. The Hall–Kier alpha value is -2.46. The van der Waals surface area contributed by atoms with Crippen LogP contribution in [0.3, 0.4) is 0 Å². The lowest BCUT2D eigenvalue weighted by molar-refractivity contribution is -0.127. The quantitative estimate of drug-likeness (QED) is 0.498. The Morgan fingerprint density at radius 1 is 1.04 bits per heavy atom. The standard InChI is InChI=1S/C24H27NO2S/c1-3-22(27-23-14-8-12-19-10-6-7-13-21(19)23)24(26)25-15-16-28-17-20-11-5-4-9-18(20)2/h4-14,22H,3,15-17H2,1-2H3,(H,25,26)/t22-/m0/s1. The van der Waals surface area contributed by atoms with Gasteiger partial charge in [0.05, 0.1) is 0 Å². The van der Waals surface area contributed by atoms with Crippen LogP contribution in [0.4, 0.5) is 0 Å². The van der Waals surface area contributed by atoms with Gasteiger partial charge in [-0.2, -0.15) is 11.8 Å². The summed E-state index contributed by atoms with van der Waals surface area (Å²) in [7, 11) is 0. The van der Waals surface area contributed by atoms with Gasteiger partial charge in [-0.3, -0.25) is 4.79 Å². The second kappa shape index (κ2) is 10.2. The molecule has 0 radical (unpaired) electrons. The van der Waals surface area contributed by atoms with Gasteiger partial charge < -0.3 is 10.1 Å². The summed E-state index contributed by atoms with van der Waals surface area (Å²) in [5.74, 6) is 2.55. The van der Waals surface area contributed by atoms with Crippen molar-refractivity contribution in [2.75, 3.05) is 12.3 Å². The van der Waals surface area contributed by atoms with Crippen molar-refractivity contribution < 1.29 is 9.53 Å². The molecule has 3 nitrogen and oxygen atoms in total. The van der Waals surface area contributed by atoms with Crippen LogP contribution in [0.2, 0.25) is 0 Å². The third-order valence-electron chi connectivity index (χ3n) is 4.75. The number of hydrogen-bond donors (Lipinski definition) is 1. The number of thioether (sulfide) groups is 1. The maximum absolute atomic E-state index is 12.6. The smallest absolute Gasteiger partial charge is 0.261 e. The fourth-order valence-electron chi connectivity index (χ4n) is 3.09. The van der Waals surface area contributed by atoms with E-state index in [1.54, 1.807) is 0 Å². The van der Waals surface area contributed by atoms with Crippen LogP contribution >= 0.6 is 11.8 Å². The second-order valence-electron chi connectivity index (χ2n) is 6.76. The first kappa shape index (κ1) is 20.3. The van der Waals surface area contributed by atoms with Crippen molar-refractivity contribution in [3.63, 3.8) is 0 Å². The van der Waals surface area contributed by atoms with Gasteiger partial charge in [-0.05, 0) is 35.9 Å². The highest BCUT2D eigenvalue weighted by Gasteiger charge is 2.18. The maximum atomic E-state index is 12.6. The fraction of sp³-hybridized carbons (Fsp3) is 0.292. The first-order valence-electron chi connectivity index (χ1n) is 9.73. The third-order valence-corrected chi connectivity index (χ3v) is 5.75. The molecule has 1 N–H and O–H groups in total. The minimum Gasteiger partial charge on any atom is -0.480 e. The molecule has 0 aliphatic heterocycles. The lowest BCUT2D eigenvalue weighted by atomic mass is 10.1. The van der Waals surface area contributed by atoms with Crippen molar-refractivity contribution >= 4 is 28.4 Å². The van der Waals surface area contributed by atoms with Gasteiger partial charge in [-0.1, -0.05) is 67.6 Å². The van der Waals surface area contributed by atoms with Crippen molar-refractivity contribution in [2.24, 2.45) is 0 Å². The number of fused-ring (bicyclic) bond motifs is 1. The fourth-order valence-corrected chi connectivity index (χ4v) is 4.02. The molecule has 3 aromatic rings. The Bertz CT molecular complexity index is 920. The van der Waals surface area contributed by atoms with Crippen LogP contribution < -0.4 is 10.1 Å². The van der Waals surface area contributed by atoms with Crippen molar-refractivity contribution in [1.29, 1.82) is 0 Å². The summed E-state index contributed by atoms with van der Waals surface area (Å²) in [6.45, 7) is 4.75. The zero-order chi connectivity index (χ0) is 19.8. The van der Waals surface area contributed by atoms with E-state index in [0.29, 0.717) is 13.0 Å². The van der Waals surface area contributed by atoms with E-state index in [0.717, 1.165) is 28.0 Å². The van der Waals surface area contributed by atoms with Crippen molar-refractivity contribution in [1.82, 2.24) is 5.32 Å². The molecule has 0 aliphatic rings. The van der Waals surface area contributed by atoms with Crippen molar-refractivity contribution in [2.45, 2.75) is 32.1 Å². The van der Waals surface area contributed by atoms with Gasteiger partial charge in [0.15, 0.2) is 6.10 Å². The van der Waals surface area contributed by atoms with E-state index in [2.05, 4.69) is 48.6 Å². The number of rotatable bonds is 9. The molecule has 0 spiro atoms. The Balaban J connectivity index is 1.49. The molecule has 0 saturated carbocycles. The van der Waals surface area contributed by atoms with E-state index in [9.17, 15) is 4.79 Å². The topological polar surface area (TPSA) is 38.3 Å². The van der Waals surface area contributed by atoms with Gasteiger partial charge in [0.1, 0.15) is 5.75 Å². The predicted molar refractivity (Wildman–Crippen MR) is 119 cm³/mol. The Labute approximate surface area is 171 Å². The van der Waals surface area contributed by atoms with E-state index in [1.165, 1.54) is 11.1 Å². The van der Waals surface area contributed by atoms with Crippen molar-refractivity contribution in [3.8, 4) is 5.75 Å². The van der Waals surface area contributed by atoms with Gasteiger partial charge in [0.2, 0.25) is 0 Å². The van der Waals surface area contributed by atoms with Gasteiger partial charge in [-0.15, -0.1) is 0 Å². The largest absolute Gasteiger partial charge is 0.480 e. The van der Waals surface area contributed by atoms with Crippen LogP contribution in [0.15, 0.2) is 66.7 Å². The average Bonchev–Trinajstić information content (AvgIpc) is 2.73. The highest BCUT2D eigenvalue weighted by Crippen LogP contribution is 2.26. The molecule has 3 rings (SSSR count). The number of ether oxygens (including phenoxy) is 1. The van der Waals surface area contributed by atoms with Crippen LogP contribution in [0.5, 0.6) is 5.75 Å². The van der Waals surface area contributed by atoms with Crippen LogP contribution in [-0.4, -0.2) is 24.3 Å². The molecule has 146 valence electrons. The minimum absolute atomic E-state index is 0.0491. The van der Waals surface area contributed by atoms with Crippen molar-refractivity contribution in [3.05, 3.63) is 77.9 Å². The molecular formula is C24H27NO2S. The Kier molecular flexibility index (Phi) is 7.38. The number of nitrogens with one attached hydrogen (secondary N) is 1. The summed E-state index contributed by atoms with van der Waals surface area (Å²) >= 11 is 1.83. The zero-order valence-electron chi connectivity index (χ0n) is 16.5. The van der Waals surface area contributed by atoms with Gasteiger partial charge >= 0.3 is 0 Å². The number of carbonyl (C=O) groups is 1. The number of aryl methyl sites for hydroxylation is 1. The molecule has 0 aliphatic carbocycles. The molecule has 0 heterocycles. The molecule has 28 heavy (non-hydrogen) atoms. The van der Waals surface area contributed by atoms with Crippen LogP contribution in [0.25, 0.3) is 10.8 Å². The summed E-state index contributed by atoms with van der Waals surface area (Å²) in [5.41, 5.74) is 2.66. The molecule has 0 saturated heterocycles. The van der Waals surface area contributed by atoms with E-state index in [-0.39, 0.29) is 5.91 Å². The van der Waals surface area contributed by atoms with Gasteiger partial charge in [0.25, 0.3) is 5.91 Å². The Morgan fingerprint density at radius 2 is 1.79 bits per heavy atom. The predicted octanol–water partition coefficient (Wildman–Crippen LogP) is 5.36. The molecule has 0 unspecified atom stereocenters. The number of benzene rings is 3. The molecular weight excluding hydrogens is 366 g/mol. The first-order chi connectivity index (χ1) is 13.7. The monoisotopic (exact) mass is 393 g/mol. The summed E-state index contributed by atoms with van der Waals surface area (Å²) < 4.78 is 6.06. The molecule has 0 bridgehead atoms. The second-order valence-corrected chi connectivity index (χ2v) is 7.87. The SMILES string of the molecule is CC[C@H](Oc1cccc2ccccc12)C(=O)NCCSCc1ccccc1C. The molecule has 1 amide bonds. The zero-order valence-corrected chi connectivity index (χ0v) is 17.3. The van der Waals surface area contributed by atoms with E-state index < -0.39 is 6.10 Å². The highest BCUT2D eigenvalue weighted by molar-refractivity contribution is 7.98. The Morgan fingerprint density at radius 3 is 2.61 bits per heavy atom. The van der Waals surface area contributed by atoms with E-state index >= 15 is 0 Å². The summed E-state index contributed by atoms with van der Waals surface area (Å²) in [6.07, 6.45) is 0.151. The molecule has 3 aromatic carbocycles. The average molecular weight is 394 g/mol. The van der Waals surface area contributed by atoms with E-state index in [1.807, 2.05) is 49.0 Å². The first-order valence-corrected chi connectivity index (χ1v) is 10.9. The van der Waals surface area contributed by atoms with Gasteiger partial charge in [0, 0.05) is 23.4 Å². The summed E-state index contributed by atoms with van der Waals surface area (Å²) in [4.78, 5) is 12.6. The molecule has 1 atom stereocenters. The minimum atomic E-state index is -0.479. The molecule has 0 fully saturated rings. The highest BCUT2D eigenvalue weighted by atomic mass is 32.2. The third kappa shape index (κ3) is 5.29. The molecule has 0 aromatic heterocycles. The lowest BCUT2D eigenvalue weighted by Crippen LogP contribution is -2.39. The van der Waals surface area contributed by atoms with Crippen LogP contribution in [-0.2, 0) is 10.5 Å². The number of hydrogen-bond acceptors (Lipinski definition) is 3. The molecule has 4 heteroatoms. The van der Waals surface area contributed by atoms with E-state index in [4.69, 9.17) is 4.74 Å². The van der Waals surface area contributed by atoms with Gasteiger partial charge in [-0.25, -0.2) is 0 Å². The number of carbonyl (C=O) groups excluding carboxylic acids is 1. The number of amides is 1.